The molecular weight excluding hydrogens is 223 g/mol. The van der Waals surface area contributed by atoms with E-state index in [0.717, 1.165) is 6.54 Å². The van der Waals surface area contributed by atoms with Gasteiger partial charge >= 0.3 is 0 Å². The molecule has 1 amide bonds. The largest absolute Gasteiger partial charge is 0.490 e. The molecule has 1 aromatic carbocycles. The highest BCUT2D eigenvalue weighted by atomic mass is 19.1. The van der Waals surface area contributed by atoms with E-state index < -0.39 is 5.82 Å². The van der Waals surface area contributed by atoms with Crippen molar-refractivity contribution in [2.45, 2.75) is 6.42 Å². The van der Waals surface area contributed by atoms with E-state index in [4.69, 9.17) is 4.74 Å². The Hall–Kier alpha value is -1.62. The molecule has 0 aliphatic rings. The fraction of sp³-hybridized carbons (Fsp3) is 0.417. The number of nitrogens with one attached hydrogen (secondary N) is 2. The average molecular weight is 240 g/mol. The van der Waals surface area contributed by atoms with Gasteiger partial charge in [-0.2, -0.15) is 0 Å². The van der Waals surface area contributed by atoms with E-state index in [-0.39, 0.29) is 24.7 Å². The van der Waals surface area contributed by atoms with Crippen LogP contribution in [0.15, 0.2) is 24.3 Å². The first-order valence-corrected chi connectivity index (χ1v) is 5.52. The monoisotopic (exact) mass is 240 g/mol. The average Bonchev–Trinajstić information content (AvgIpc) is 2.32. The second kappa shape index (κ2) is 7.62. The van der Waals surface area contributed by atoms with Gasteiger partial charge < -0.3 is 15.4 Å². The first-order chi connectivity index (χ1) is 8.24. The number of ether oxygens (including phenoxy) is 1. The quantitative estimate of drug-likeness (QED) is 0.697. The number of para-hydroxylation sites is 1. The lowest BCUT2D eigenvalue weighted by atomic mass is 10.3. The standard InChI is InChI=1S/C12H17FN2O2/c1-14-7-8-15-12(16)6-9-17-11-5-3-2-4-10(11)13/h2-5,14H,6-9H2,1H3,(H,15,16). The summed E-state index contributed by atoms with van der Waals surface area (Å²) in [5, 5.41) is 5.63. The number of carbonyl (C=O) groups excluding carboxylic acids is 1. The maximum Gasteiger partial charge on any atom is 0.223 e. The minimum atomic E-state index is -0.414. The molecule has 0 radical (unpaired) electrons. The molecule has 0 saturated heterocycles. The van der Waals surface area contributed by atoms with E-state index in [1.165, 1.54) is 12.1 Å². The van der Waals surface area contributed by atoms with Gasteiger partial charge in [-0.25, -0.2) is 4.39 Å². The molecular formula is C12H17FN2O2. The lowest BCUT2D eigenvalue weighted by Gasteiger charge is -2.07. The van der Waals surface area contributed by atoms with Crippen molar-refractivity contribution >= 4 is 5.91 Å². The van der Waals surface area contributed by atoms with E-state index >= 15 is 0 Å². The molecule has 94 valence electrons. The first-order valence-electron chi connectivity index (χ1n) is 5.52. The molecule has 17 heavy (non-hydrogen) atoms. The van der Waals surface area contributed by atoms with Gasteiger partial charge in [-0.1, -0.05) is 12.1 Å². The Morgan fingerprint density at radius 3 is 2.82 bits per heavy atom. The molecule has 0 unspecified atom stereocenters. The molecule has 5 heteroatoms. The van der Waals surface area contributed by atoms with Crippen molar-refractivity contribution in [2.24, 2.45) is 0 Å². The molecule has 0 aliphatic carbocycles. The number of carbonyl (C=O) groups is 1. The molecule has 1 aromatic rings. The highest BCUT2D eigenvalue weighted by Crippen LogP contribution is 2.15. The predicted octanol–water partition coefficient (Wildman–Crippen LogP) is 0.930. The number of likely N-dealkylation sites (N-methyl/N-ethyl adjacent to an activating group) is 1. The molecule has 1 rings (SSSR count). The molecule has 0 aliphatic heterocycles. The molecule has 0 fully saturated rings. The number of hydrogen-bond donors (Lipinski definition) is 2. The maximum atomic E-state index is 13.1. The zero-order chi connectivity index (χ0) is 12.5. The third kappa shape index (κ3) is 5.31. The van der Waals surface area contributed by atoms with Crippen LogP contribution in [0.25, 0.3) is 0 Å². The zero-order valence-corrected chi connectivity index (χ0v) is 9.83. The molecule has 0 aromatic heterocycles. The summed E-state index contributed by atoms with van der Waals surface area (Å²) < 4.78 is 18.3. The summed E-state index contributed by atoms with van der Waals surface area (Å²) >= 11 is 0. The summed E-state index contributed by atoms with van der Waals surface area (Å²) in [7, 11) is 1.81. The fourth-order valence-electron chi connectivity index (χ4n) is 1.23. The second-order valence-electron chi connectivity index (χ2n) is 3.48. The number of amides is 1. The van der Waals surface area contributed by atoms with Crippen molar-refractivity contribution in [2.75, 3.05) is 26.7 Å². The SMILES string of the molecule is CNCCNC(=O)CCOc1ccccc1F. The molecule has 4 nitrogen and oxygen atoms in total. The van der Waals surface area contributed by atoms with Crippen molar-refractivity contribution < 1.29 is 13.9 Å². The van der Waals surface area contributed by atoms with Crippen molar-refractivity contribution in [3.05, 3.63) is 30.1 Å². The van der Waals surface area contributed by atoms with E-state index in [9.17, 15) is 9.18 Å². The van der Waals surface area contributed by atoms with Crippen LogP contribution in [0.1, 0.15) is 6.42 Å². The highest BCUT2D eigenvalue weighted by Gasteiger charge is 2.03. The minimum Gasteiger partial charge on any atom is -0.490 e. The van der Waals surface area contributed by atoms with Gasteiger partial charge in [-0.05, 0) is 19.2 Å². The van der Waals surface area contributed by atoms with E-state index in [1.54, 1.807) is 12.1 Å². The second-order valence-corrected chi connectivity index (χ2v) is 3.48. The summed E-state index contributed by atoms with van der Waals surface area (Å²) in [5.74, 6) is -0.338. The van der Waals surface area contributed by atoms with Crippen LogP contribution in [-0.2, 0) is 4.79 Å². The predicted molar refractivity (Wildman–Crippen MR) is 63.4 cm³/mol. The normalized spacial score (nSPS) is 10.0. The van der Waals surface area contributed by atoms with Gasteiger partial charge in [0.05, 0.1) is 13.0 Å². The van der Waals surface area contributed by atoms with Crippen molar-refractivity contribution in [3.63, 3.8) is 0 Å². The van der Waals surface area contributed by atoms with Crippen LogP contribution in [0, 0.1) is 5.82 Å². The van der Waals surface area contributed by atoms with Crippen LogP contribution in [-0.4, -0.2) is 32.7 Å². The number of rotatable bonds is 7. The summed E-state index contributed by atoms with van der Waals surface area (Å²) in [4.78, 5) is 11.3. The lowest BCUT2D eigenvalue weighted by molar-refractivity contribution is -0.121. The van der Waals surface area contributed by atoms with Crippen molar-refractivity contribution in [1.29, 1.82) is 0 Å². The Kier molecular flexibility index (Phi) is 6.03. The van der Waals surface area contributed by atoms with Crippen LogP contribution in [0.3, 0.4) is 0 Å². The van der Waals surface area contributed by atoms with Crippen LogP contribution in [0.5, 0.6) is 5.75 Å². The van der Waals surface area contributed by atoms with E-state index in [0.29, 0.717) is 6.54 Å². The van der Waals surface area contributed by atoms with E-state index in [1.807, 2.05) is 7.05 Å². The molecule has 0 heterocycles. The highest BCUT2D eigenvalue weighted by molar-refractivity contribution is 5.75. The topological polar surface area (TPSA) is 50.4 Å². The number of benzene rings is 1. The lowest BCUT2D eigenvalue weighted by Crippen LogP contribution is -2.31. The molecule has 2 N–H and O–H groups in total. The summed E-state index contributed by atoms with van der Waals surface area (Å²) in [6.07, 6.45) is 0.220. The van der Waals surface area contributed by atoms with Gasteiger partial charge in [0.25, 0.3) is 0 Å². The Bertz CT molecular complexity index is 358. The van der Waals surface area contributed by atoms with Crippen LogP contribution in [0.2, 0.25) is 0 Å². The Labute approximate surface area is 100 Å². The Morgan fingerprint density at radius 2 is 2.12 bits per heavy atom. The third-order valence-electron chi connectivity index (χ3n) is 2.12. The maximum absolute atomic E-state index is 13.1. The van der Waals surface area contributed by atoms with Gasteiger partial charge in [0.1, 0.15) is 0 Å². The van der Waals surface area contributed by atoms with E-state index in [2.05, 4.69) is 10.6 Å². The Morgan fingerprint density at radius 1 is 1.35 bits per heavy atom. The van der Waals surface area contributed by atoms with Gasteiger partial charge in [-0.15, -0.1) is 0 Å². The fourth-order valence-corrected chi connectivity index (χ4v) is 1.23. The smallest absolute Gasteiger partial charge is 0.223 e. The van der Waals surface area contributed by atoms with Gasteiger partial charge in [0, 0.05) is 13.1 Å². The summed E-state index contributed by atoms with van der Waals surface area (Å²) in [6.45, 7) is 1.47. The number of hydrogen-bond acceptors (Lipinski definition) is 3. The van der Waals surface area contributed by atoms with Crippen LogP contribution in [0.4, 0.5) is 4.39 Å². The van der Waals surface area contributed by atoms with Crippen LogP contribution < -0.4 is 15.4 Å². The van der Waals surface area contributed by atoms with Crippen LogP contribution >= 0.6 is 0 Å². The molecule has 0 saturated carbocycles. The summed E-state index contributed by atoms with van der Waals surface area (Å²) in [6, 6.07) is 6.13. The molecule has 0 atom stereocenters. The zero-order valence-electron chi connectivity index (χ0n) is 9.83. The first kappa shape index (κ1) is 13.4. The van der Waals surface area contributed by atoms with Gasteiger partial charge in [-0.3, -0.25) is 4.79 Å². The van der Waals surface area contributed by atoms with Crippen molar-refractivity contribution in [3.8, 4) is 5.75 Å². The third-order valence-corrected chi connectivity index (χ3v) is 2.12. The number of halogens is 1. The summed E-state index contributed by atoms with van der Waals surface area (Å²) in [5.41, 5.74) is 0. The van der Waals surface area contributed by atoms with Gasteiger partial charge in [0.2, 0.25) is 5.91 Å². The van der Waals surface area contributed by atoms with Gasteiger partial charge in [0.15, 0.2) is 11.6 Å². The molecule has 0 spiro atoms. The minimum absolute atomic E-state index is 0.100. The molecule has 0 bridgehead atoms. The Balaban J connectivity index is 2.19. The van der Waals surface area contributed by atoms with Crippen molar-refractivity contribution in [1.82, 2.24) is 10.6 Å².